The second kappa shape index (κ2) is 4.24. The minimum absolute atomic E-state index is 0.160. The van der Waals surface area contributed by atoms with Gasteiger partial charge in [-0.2, -0.15) is 0 Å². The van der Waals surface area contributed by atoms with E-state index < -0.39 is 6.10 Å². The van der Waals surface area contributed by atoms with E-state index in [9.17, 15) is 5.11 Å². The van der Waals surface area contributed by atoms with Gasteiger partial charge in [0.1, 0.15) is 6.10 Å². The van der Waals surface area contributed by atoms with Gasteiger partial charge in [-0.05, 0) is 12.5 Å². The van der Waals surface area contributed by atoms with Gasteiger partial charge in [0.2, 0.25) is 0 Å². The number of rotatable bonds is 3. The first-order chi connectivity index (χ1) is 5.75. The van der Waals surface area contributed by atoms with E-state index in [1.54, 1.807) is 7.11 Å². The molecule has 0 saturated heterocycles. The molecule has 0 saturated carbocycles. The summed E-state index contributed by atoms with van der Waals surface area (Å²) in [6.45, 7) is 1.84. The van der Waals surface area contributed by atoms with Crippen LogP contribution >= 0.6 is 0 Å². The van der Waals surface area contributed by atoms with Crippen LogP contribution in [-0.4, -0.2) is 18.3 Å². The van der Waals surface area contributed by atoms with Crippen molar-refractivity contribution in [2.24, 2.45) is 0 Å². The van der Waals surface area contributed by atoms with E-state index in [1.807, 2.05) is 37.3 Å². The summed E-state index contributed by atoms with van der Waals surface area (Å²) in [6, 6.07) is 9.51. The molecule has 1 N–H and O–H groups in total. The Kier molecular flexibility index (Phi) is 3.26. The van der Waals surface area contributed by atoms with Crippen LogP contribution in [0.3, 0.4) is 0 Å². The average molecular weight is 166 g/mol. The van der Waals surface area contributed by atoms with E-state index in [2.05, 4.69) is 0 Å². The quantitative estimate of drug-likeness (QED) is 0.741. The lowest BCUT2D eigenvalue weighted by molar-refractivity contribution is -0.00142. The zero-order chi connectivity index (χ0) is 8.97. The molecular formula is C10H14O2. The van der Waals surface area contributed by atoms with Crippen LogP contribution in [0, 0.1) is 0 Å². The molecule has 12 heavy (non-hydrogen) atoms. The number of hydrogen-bond acceptors (Lipinski definition) is 2. The lowest BCUT2D eigenvalue weighted by Crippen LogP contribution is -2.16. The maximum Gasteiger partial charge on any atom is 0.105 e. The number of methoxy groups -OCH3 is 1. The molecule has 2 nitrogen and oxygen atoms in total. The van der Waals surface area contributed by atoms with Crippen LogP contribution in [0.1, 0.15) is 18.6 Å². The van der Waals surface area contributed by atoms with E-state index >= 15 is 0 Å². The van der Waals surface area contributed by atoms with Crippen molar-refractivity contribution in [3.05, 3.63) is 35.9 Å². The predicted molar refractivity (Wildman–Crippen MR) is 47.9 cm³/mol. The molecular weight excluding hydrogens is 152 g/mol. The summed E-state index contributed by atoms with van der Waals surface area (Å²) < 4.78 is 5.02. The molecule has 0 aromatic heterocycles. The molecule has 2 unspecified atom stereocenters. The Bertz CT molecular complexity index is 221. The zero-order valence-electron chi connectivity index (χ0n) is 7.40. The van der Waals surface area contributed by atoms with Gasteiger partial charge < -0.3 is 9.84 Å². The van der Waals surface area contributed by atoms with Crippen LogP contribution < -0.4 is 0 Å². The summed E-state index contributed by atoms with van der Waals surface area (Å²) in [5.41, 5.74) is 0.895. The molecule has 1 rings (SSSR count). The van der Waals surface area contributed by atoms with Gasteiger partial charge in [-0.3, -0.25) is 0 Å². The molecule has 0 aliphatic carbocycles. The molecule has 0 fully saturated rings. The average Bonchev–Trinajstić information content (AvgIpc) is 2.17. The van der Waals surface area contributed by atoms with Gasteiger partial charge in [-0.25, -0.2) is 0 Å². The SMILES string of the molecule is COC(C)C(O)c1ccccc1. The lowest BCUT2D eigenvalue weighted by Gasteiger charge is -2.17. The van der Waals surface area contributed by atoms with Gasteiger partial charge in [0, 0.05) is 7.11 Å². The molecule has 66 valence electrons. The fourth-order valence-corrected chi connectivity index (χ4v) is 1.05. The highest BCUT2D eigenvalue weighted by molar-refractivity contribution is 5.17. The van der Waals surface area contributed by atoms with Gasteiger partial charge in [0.05, 0.1) is 6.10 Å². The topological polar surface area (TPSA) is 29.5 Å². The Hall–Kier alpha value is -0.860. The standard InChI is InChI=1S/C10H14O2/c1-8(12-2)10(11)9-6-4-3-5-7-9/h3-8,10-11H,1-2H3. The summed E-state index contributed by atoms with van der Waals surface area (Å²) >= 11 is 0. The molecule has 0 bridgehead atoms. The molecule has 2 heteroatoms. The minimum Gasteiger partial charge on any atom is -0.386 e. The van der Waals surface area contributed by atoms with Crippen molar-refractivity contribution in [3.63, 3.8) is 0 Å². The number of benzene rings is 1. The van der Waals surface area contributed by atoms with Crippen molar-refractivity contribution in [1.82, 2.24) is 0 Å². The molecule has 0 heterocycles. The van der Waals surface area contributed by atoms with Crippen molar-refractivity contribution in [2.45, 2.75) is 19.1 Å². The van der Waals surface area contributed by atoms with E-state index in [-0.39, 0.29) is 6.10 Å². The highest BCUT2D eigenvalue weighted by Gasteiger charge is 2.14. The van der Waals surface area contributed by atoms with E-state index in [1.165, 1.54) is 0 Å². The van der Waals surface area contributed by atoms with Gasteiger partial charge >= 0.3 is 0 Å². The van der Waals surface area contributed by atoms with Crippen LogP contribution in [0.2, 0.25) is 0 Å². The second-order valence-electron chi connectivity index (χ2n) is 2.80. The summed E-state index contributed by atoms with van der Waals surface area (Å²) in [7, 11) is 1.59. The first kappa shape index (κ1) is 9.23. The molecule has 2 atom stereocenters. The Balaban J connectivity index is 2.71. The normalized spacial score (nSPS) is 15.6. The Morgan fingerprint density at radius 2 is 1.83 bits per heavy atom. The highest BCUT2D eigenvalue weighted by atomic mass is 16.5. The van der Waals surface area contributed by atoms with Gasteiger partial charge in [-0.15, -0.1) is 0 Å². The van der Waals surface area contributed by atoms with Crippen molar-refractivity contribution < 1.29 is 9.84 Å². The number of hydrogen-bond donors (Lipinski definition) is 1. The Labute approximate surface area is 72.8 Å². The fraction of sp³-hybridized carbons (Fsp3) is 0.400. The zero-order valence-corrected chi connectivity index (χ0v) is 7.40. The molecule has 0 aliphatic heterocycles. The molecule has 0 aliphatic rings. The monoisotopic (exact) mass is 166 g/mol. The smallest absolute Gasteiger partial charge is 0.105 e. The predicted octanol–water partition coefficient (Wildman–Crippen LogP) is 1.75. The Morgan fingerprint density at radius 3 is 2.33 bits per heavy atom. The summed E-state index contributed by atoms with van der Waals surface area (Å²) in [5, 5.41) is 9.66. The van der Waals surface area contributed by atoms with Crippen LogP contribution in [0.15, 0.2) is 30.3 Å². The van der Waals surface area contributed by atoms with Crippen LogP contribution in [0.4, 0.5) is 0 Å². The van der Waals surface area contributed by atoms with Gasteiger partial charge in [-0.1, -0.05) is 30.3 Å². The Morgan fingerprint density at radius 1 is 1.25 bits per heavy atom. The van der Waals surface area contributed by atoms with Crippen molar-refractivity contribution >= 4 is 0 Å². The van der Waals surface area contributed by atoms with Gasteiger partial charge in [0.25, 0.3) is 0 Å². The van der Waals surface area contributed by atoms with E-state index in [4.69, 9.17) is 4.74 Å². The highest BCUT2D eigenvalue weighted by Crippen LogP contribution is 2.17. The number of aliphatic hydroxyl groups excluding tert-OH is 1. The minimum atomic E-state index is -0.531. The third-order valence-electron chi connectivity index (χ3n) is 1.96. The maximum absolute atomic E-state index is 9.66. The van der Waals surface area contributed by atoms with Crippen LogP contribution in [0.25, 0.3) is 0 Å². The van der Waals surface area contributed by atoms with Crippen molar-refractivity contribution in [3.8, 4) is 0 Å². The maximum atomic E-state index is 9.66. The third kappa shape index (κ3) is 2.06. The van der Waals surface area contributed by atoms with E-state index in [0.29, 0.717) is 0 Å². The van der Waals surface area contributed by atoms with Crippen molar-refractivity contribution in [1.29, 1.82) is 0 Å². The molecule has 0 amide bonds. The number of ether oxygens (including phenoxy) is 1. The number of aliphatic hydroxyl groups is 1. The summed E-state index contributed by atoms with van der Waals surface area (Å²) in [4.78, 5) is 0. The third-order valence-corrected chi connectivity index (χ3v) is 1.96. The largest absolute Gasteiger partial charge is 0.386 e. The first-order valence-electron chi connectivity index (χ1n) is 4.01. The molecule has 1 aromatic rings. The summed E-state index contributed by atoms with van der Waals surface area (Å²) in [5.74, 6) is 0. The van der Waals surface area contributed by atoms with Crippen molar-refractivity contribution in [2.75, 3.05) is 7.11 Å². The van der Waals surface area contributed by atoms with Crippen LogP contribution in [-0.2, 0) is 4.74 Å². The van der Waals surface area contributed by atoms with Gasteiger partial charge in [0.15, 0.2) is 0 Å². The molecule has 0 radical (unpaired) electrons. The fourth-order valence-electron chi connectivity index (χ4n) is 1.05. The van der Waals surface area contributed by atoms with E-state index in [0.717, 1.165) is 5.56 Å². The first-order valence-corrected chi connectivity index (χ1v) is 4.01. The molecule has 0 spiro atoms. The summed E-state index contributed by atoms with van der Waals surface area (Å²) in [6.07, 6.45) is -0.691. The molecule has 1 aromatic carbocycles. The lowest BCUT2D eigenvalue weighted by atomic mass is 10.1. The van der Waals surface area contributed by atoms with Crippen LogP contribution in [0.5, 0.6) is 0 Å². The second-order valence-corrected chi connectivity index (χ2v) is 2.80.